The fraction of sp³-hybridized carbons (Fsp3) is 0.487. The minimum Gasteiger partial charge on any atom is -0.468 e. The molecule has 2 bridgehead atoms. The van der Waals surface area contributed by atoms with E-state index in [4.69, 9.17) is 14.5 Å². The Morgan fingerprint density at radius 2 is 1.50 bits per heavy atom. The van der Waals surface area contributed by atoms with E-state index < -0.39 is 0 Å². The zero-order valence-corrected chi connectivity index (χ0v) is 27.4. The third-order valence-electron chi connectivity index (χ3n) is 11.4. The van der Waals surface area contributed by atoms with Crippen LogP contribution in [-0.2, 0) is 16.8 Å². The normalized spacial score (nSPS) is 26.5. The summed E-state index contributed by atoms with van der Waals surface area (Å²) in [5.41, 5.74) is 4.80. The average molecular weight is 621 g/mol. The van der Waals surface area contributed by atoms with Crippen molar-refractivity contribution in [1.29, 1.82) is 0 Å². The number of fused-ring (bicyclic) bond motifs is 3. The summed E-state index contributed by atoms with van der Waals surface area (Å²) in [5, 5.41) is 0. The molecule has 3 atom stereocenters. The number of amides is 1. The molecule has 3 fully saturated rings. The van der Waals surface area contributed by atoms with Gasteiger partial charge in [0.15, 0.2) is 0 Å². The summed E-state index contributed by atoms with van der Waals surface area (Å²) in [6, 6.07) is 32.1. The van der Waals surface area contributed by atoms with Gasteiger partial charge in [-0.3, -0.25) is 9.47 Å². The van der Waals surface area contributed by atoms with E-state index in [2.05, 4.69) is 64.1 Å². The molecule has 0 spiro atoms. The average Bonchev–Trinajstić information content (AvgIpc) is 3.62. The molecule has 1 amide bonds. The van der Waals surface area contributed by atoms with Crippen LogP contribution in [0.15, 0.2) is 84.9 Å². The van der Waals surface area contributed by atoms with Crippen LogP contribution < -0.4 is 4.74 Å². The van der Waals surface area contributed by atoms with E-state index in [1.54, 1.807) is 7.11 Å². The second-order valence-corrected chi connectivity index (χ2v) is 13.8. The molecule has 242 valence electrons. The van der Waals surface area contributed by atoms with Crippen molar-refractivity contribution in [3.05, 3.63) is 96.1 Å². The van der Waals surface area contributed by atoms with Crippen molar-refractivity contribution >= 4 is 17.1 Å². The van der Waals surface area contributed by atoms with E-state index >= 15 is 0 Å². The molecule has 7 rings (SSSR count). The molecule has 3 heterocycles. The molecule has 1 saturated carbocycles. The maximum atomic E-state index is 13.0. The molecule has 4 aromatic rings. The van der Waals surface area contributed by atoms with Gasteiger partial charge in [-0.15, -0.1) is 0 Å². The quantitative estimate of drug-likeness (QED) is 0.189. The van der Waals surface area contributed by atoms with Crippen molar-refractivity contribution in [2.75, 3.05) is 20.7 Å². The van der Waals surface area contributed by atoms with Gasteiger partial charge in [-0.25, -0.2) is 4.79 Å². The first kappa shape index (κ1) is 30.8. The lowest BCUT2D eigenvalue weighted by molar-refractivity contribution is 0.0723. The van der Waals surface area contributed by atoms with E-state index in [1.165, 1.54) is 30.3 Å². The first-order valence-corrected chi connectivity index (χ1v) is 17.3. The van der Waals surface area contributed by atoms with Crippen LogP contribution in [0.3, 0.4) is 0 Å². The summed E-state index contributed by atoms with van der Waals surface area (Å²) in [7, 11) is 3.66. The van der Waals surface area contributed by atoms with Gasteiger partial charge in [0.25, 0.3) is 6.01 Å². The maximum Gasteiger partial charge on any atom is 0.410 e. The molecule has 3 aliphatic rings. The summed E-state index contributed by atoms with van der Waals surface area (Å²) in [6.07, 6.45) is 11.2. The van der Waals surface area contributed by atoms with Gasteiger partial charge in [0.1, 0.15) is 6.61 Å². The number of para-hydroxylation sites is 2. The Hall–Kier alpha value is -3.84. The summed E-state index contributed by atoms with van der Waals surface area (Å²) in [4.78, 5) is 22.5. The zero-order chi connectivity index (χ0) is 31.5. The zero-order valence-electron chi connectivity index (χ0n) is 27.4. The predicted molar refractivity (Wildman–Crippen MR) is 182 cm³/mol. The van der Waals surface area contributed by atoms with Crippen LogP contribution in [0.5, 0.6) is 6.01 Å². The lowest BCUT2D eigenvalue weighted by Crippen LogP contribution is -2.45. The monoisotopic (exact) mass is 620 g/mol. The highest BCUT2D eigenvalue weighted by atomic mass is 16.6. The lowest BCUT2D eigenvalue weighted by atomic mass is 9.66. The number of carbonyl (C=O) groups is 1. The molecular formula is C39H48N4O3. The van der Waals surface area contributed by atoms with Crippen LogP contribution in [-0.4, -0.2) is 64.3 Å². The van der Waals surface area contributed by atoms with Crippen molar-refractivity contribution < 1.29 is 14.3 Å². The highest BCUT2D eigenvalue weighted by Crippen LogP contribution is 2.46. The topological polar surface area (TPSA) is 59.8 Å². The first-order chi connectivity index (χ1) is 22.5. The van der Waals surface area contributed by atoms with Gasteiger partial charge in [-0.1, -0.05) is 72.8 Å². The smallest absolute Gasteiger partial charge is 0.410 e. The van der Waals surface area contributed by atoms with E-state index in [0.717, 1.165) is 68.6 Å². The predicted octanol–water partition coefficient (Wildman–Crippen LogP) is 8.14. The largest absolute Gasteiger partial charge is 0.468 e. The summed E-state index contributed by atoms with van der Waals surface area (Å²) < 4.78 is 13.9. The van der Waals surface area contributed by atoms with Crippen LogP contribution in [0.25, 0.3) is 11.0 Å². The van der Waals surface area contributed by atoms with Crippen LogP contribution in [0.1, 0.15) is 81.4 Å². The summed E-state index contributed by atoms with van der Waals surface area (Å²) >= 11 is 0. The van der Waals surface area contributed by atoms with Crippen molar-refractivity contribution in [3.8, 4) is 6.01 Å². The molecular weight excluding hydrogens is 572 g/mol. The fourth-order valence-corrected chi connectivity index (χ4v) is 8.84. The number of nitrogens with zero attached hydrogens (tertiary/aromatic N) is 4. The van der Waals surface area contributed by atoms with E-state index in [-0.39, 0.29) is 17.6 Å². The first-order valence-electron chi connectivity index (χ1n) is 17.3. The molecule has 3 unspecified atom stereocenters. The SMILES string of the molecule is COc1nc2ccccc2n1C1CCC2CCC(C1)N2CCC1(c2ccccc2)CCC(N(C)C(=O)OCc2ccccc2)CC1. The van der Waals surface area contributed by atoms with Gasteiger partial charge in [0.2, 0.25) is 0 Å². The number of hydrogen-bond acceptors (Lipinski definition) is 5. The highest BCUT2D eigenvalue weighted by molar-refractivity contribution is 5.76. The molecule has 2 aliphatic heterocycles. The Labute approximate surface area is 273 Å². The second-order valence-electron chi connectivity index (χ2n) is 13.8. The molecule has 3 aromatic carbocycles. The highest BCUT2D eigenvalue weighted by Gasteiger charge is 2.43. The molecule has 46 heavy (non-hydrogen) atoms. The Balaban J connectivity index is 1.03. The Bertz CT molecular complexity index is 1600. The number of ether oxygens (including phenoxy) is 2. The number of benzene rings is 3. The van der Waals surface area contributed by atoms with Crippen molar-refractivity contribution in [2.24, 2.45) is 0 Å². The number of aromatic nitrogens is 2. The molecule has 1 aliphatic carbocycles. The van der Waals surface area contributed by atoms with Crippen molar-refractivity contribution in [2.45, 2.75) is 100 Å². The van der Waals surface area contributed by atoms with E-state index in [9.17, 15) is 4.79 Å². The van der Waals surface area contributed by atoms with Gasteiger partial charge in [-0.05, 0) is 99.4 Å². The minimum absolute atomic E-state index is 0.126. The number of carbonyl (C=O) groups excluding carboxylic acids is 1. The Morgan fingerprint density at radius 3 is 2.24 bits per heavy atom. The maximum absolute atomic E-state index is 13.0. The standard InChI is InChI=1S/C39H48N4O3/c1-41(38(44)46-28-29-11-5-3-6-12-29)31-21-23-39(24-22-31,30-13-7-4-8-14-30)25-26-42-32-17-19-33(42)27-34(20-18-32)43-36-16-10-9-15-35(36)40-37(43)45-2/h3-16,31-34H,17-28H2,1-2H3. The van der Waals surface area contributed by atoms with Gasteiger partial charge in [-0.2, -0.15) is 4.98 Å². The van der Waals surface area contributed by atoms with Gasteiger partial charge < -0.3 is 14.4 Å². The lowest BCUT2D eigenvalue weighted by Gasteiger charge is -2.44. The van der Waals surface area contributed by atoms with Crippen molar-refractivity contribution in [1.82, 2.24) is 19.4 Å². The summed E-state index contributed by atoms with van der Waals surface area (Å²) in [6.45, 7) is 1.44. The number of hydrogen-bond donors (Lipinski definition) is 0. The molecule has 7 heteroatoms. The molecule has 7 nitrogen and oxygen atoms in total. The van der Waals surface area contributed by atoms with Crippen LogP contribution in [0.2, 0.25) is 0 Å². The molecule has 2 saturated heterocycles. The second kappa shape index (κ2) is 13.5. The molecule has 1 aromatic heterocycles. The van der Waals surface area contributed by atoms with Crippen LogP contribution >= 0.6 is 0 Å². The van der Waals surface area contributed by atoms with Gasteiger partial charge in [0.05, 0.1) is 18.1 Å². The van der Waals surface area contributed by atoms with E-state index in [1.807, 2.05) is 42.3 Å². The van der Waals surface area contributed by atoms with Crippen LogP contribution in [0, 0.1) is 0 Å². The molecule has 0 N–H and O–H groups in total. The number of imidazole rings is 1. The van der Waals surface area contributed by atoms with Crippen LogP contribution in [0.4, 0.5) is 4.79 Å². The summed E-state index contributed by atoms with van der Waals surface area (Å²) in [5.74, 6) is 0. The third kappa shape index (κ3) is 6.14. The Morgan fingerprint density at radius 1 is 0.848 bits per heavy atom. The number of rotatable bonds is 9. The van der Waals surface area contributed by atoms with E-state index in [0.29, 0.717) is 24.7 Å². The number of methoxy groups -OCH3 is 1. The third-order valence-corrected chi connectivity index (χ3v) is 11.4. The van der Waals surface area contributed by atoms with Gasteiger partial charge in [0, 0.05) is 31.2 Å². The Kier molecular flexibility index (Phi) is 9.03. The van der Waals surface area contributed by atoms with Gasteiger partial charge >= 0.3 is 6.09 Å². The fourth-order valence-electron chi connectivity index (χ4n) is 8.84. The molecule has 0 radical (unpaired) electrons. The minimum atomic E-state index is -0.223. The van der Waals surface area contributed by atoms with Crippen molar-refractivity contribution in [3.63, 3.8) is 0 Å².